The zero-order valence-corrected chi connectivity index (χ0v) is 21.0. The van der Waals surface area contributed by atoms with Gasteiger partial charge in [0, 0.05) is 39.3 Å². The Morgan fingerprint density at radius 1 is 0.294 bits per heavy atom. The molecule has 0 aliphatic heterocycles. The van der Waals surface area contributed by atoms with Crippen molar-refractivity contribution in [3.8, 4) is 0 Å². The van der Waals surface area contributed by atoms with Crippen molar-refractivity contribution in [2.45, 2.75) is 0 Å². The van der Waals surface area contributed by atoms with Gasteiger partial charge in [0.25, 0.3) is 0 Å². The summed E-state index contributed by atoms with van der Waals surface area (Å²) in [5.41, 5.74) is 16.1. The van der Waals surface area contributed by atoms with Crippen molar-refractivity contribution in [2.75, 3.05) is 145 Å². The molecule has 0 rings (SSSR count). The van der Waals surface area contributed by atoms with E-state index in [1.54, 1.807) is 0 Å². The molecule has 206 valence electrons. The van der Waals surface area contributed by atoms with Gasteiger partial charge in [0.15, 0.2) is 0 Å². The molecule has 12 nitrogen and oxygen atoms in total. The van der Waals surface area contributed by atoms with Crippen LogP contribution in [0.5, 0.6) is 0 Å². The summed E-state index contributed by atoms with van der Waals surface area (Å²) in [5, 5.41) is 0. The van der Waals surface area contributed by atoms with E-state index in [4.69, 9.17) is 55.1 Å². The Kier molecular flexibility index (Phi) is 30.1. The average Bonchev–Trinajstić information content (AvgIpc) is 2.85. The maximum Gasteiger partial charge on any atom is 0.0701 e. The molecular formula is C22H50N4O8. The molecule has 0 heterocycles. The number of rotatable bonds is 30. The largest absolute Gasteiger partial charge is 0.378 e. The Hall–Kier alpha value is -0.480. The first-order valence-electron chi connectivity index (χ1n) is 12.3. The van der Waals surface area contributed by atoms with Crippen molar-refractivity contribution < 1.29 is 37.9 Å². The highest BCUT2D eigenvalue weighted by Gasteiger charge is 2.06. The van der Waals surface area contributed by atoms with Crippen molar-refractivity contribution >= 4 is 0 Å². The third kappa shape index (κ3) is 27.8. The molecular weight excluding hydrogens is 448 g/mol. The standard InChI is InChI=1S/C22H50N4O8/c23-1-7-27-13-16-30-10-4-26(5-11-31-17-21-33-19-14-28-8-2-24)6-12-32-18-22-34-20-15-29-9-3-25/h1-25H2. The number of hydrogen-bond donors (Lipinski definition) is 3. The quantitative estimate of drug-likeness (QED) is 0.0966. The van der Waals surface area contributed by atoms with Crippen molar-refractivity contribution in [3.05, 3.63) is 0 Å². The molecule has 0 unspecified atom stereocenters. The van der Waals surface area contributed by atoms with E-state index in [9.17, 15) is 0 Å². The van der Waals surface area contributed by atoms with Crippen LogP contribution in [0.15, 0.2) is 0 Å². The highest BCUT2D eigenvalue weighted by atomic mass is 16.6. The maximum atomic E-state index is 5.68. The Morgan fingerprint density at radius 2 is 0.500 bits per heavy atom. The van der Waals surface area contributed by atoms with E-state index >= 15 is 0 Å². The number of ether oxygens (including phenoxy) is 8. The van der Waals surface area contributed by atoms with Gasteiger partial charge in [-0.3, -0.25) is 4.90 Å². The SMILES string of the molecule is NCCOCCOCCOCCN(CCOCCOCCN)CCOCCOCCOCCN. The highest BCUT2D eigenvalue weighted by Crippen LogP contribution is 1.93. The van der Waals surface area contributed by atoms with Crippen LogP contribution in [-0.4, -0.2) is 150 Å². The van der Waals surface area contributed by atoms with E-state index in [0.29, 0.717) is 125 Å². The number of hydrogen-bond acceptors (Lipinski definition) is 12. The normalized spacial score (nSPS) is 11.6. The Morgan fingerprint density at radius 3 is 0.735 bits per heavy atom. The van der Waals surface area contributed by atoms with Crippen LogP contribution in [0.4, 0.5) is 0 Å². The van der Waals surface area contributed by atoms with Crippen LogP contribution in [-0.2, 0) is 37.9 Å². The van der Waals surface area contributed by atoms with Gasteiger partial charge in [-0.05, 0) is 0 Å². The van der Waals surface area contributed by atoms with Gasteiger partial charge in [0.05, 0.1) is 106 Å². The molecule has 0 aliphatic carbocycles. The van der Waals surface area contributed by atoms with E-state index < -0.39 is 0 Å². The second-order valence-corrected chi connectivity index (χ2v) is 7.11. The minimum Gasteiger partial charge on any atom is -0.378 e. The lowest BCUT2D eigenvalue weighted by Crippen LogP contribution is -2.34. The van der Waals surface area contributed by atoms with Gasteiger partial charge in [-0.15, -0.1) is 0 Å². The fourth-order valence-corrected chi connectivity index (χ4v) is 2.57. The summed E-state index contributed by atoms with van der Waals surface area (Å²) in [5.74, 6) is 0. The second-order valence-electron chi connectivity index (χ2n) is 7.11. The van der Waals surface area contributed by atoms with Crippen molar-refractivity contribution in [1.29, 1.82) is 0 Å². The Bertz CT molecular complexity index is 352. The number of nitrogens with two attached hydrogens (primary N) is 3. The topological polar surface area (TPSA) is 155 Å². The van der Waals surface area contributed by atoms with Crippen LogP contribution in [0.25, 0.3) is 0 Å². The van der Waals surface area contributed by atoms with Crippen molar-refractivity contribution in [3.63, 3.8) is 0 Å². The molecule has 0 spiro atoms. The van der Waals surface area contributed by atoms with E-state index in [-0.39, 0.29) is 0 Å². The van der Waals surface area contributed by atoms with Gasteiger partial charge < -0.3 is 55.1 Å². The summed E-state index contributed by atoms with van der Waals surface area (Å²) in [6.07, 6.45) is 0. The summed E-state index contributed by atoms with van der Waals surface area (Å²) in [7, 11) is 0. The first kappa shape index (κ1) is 33.5. The van der Waals surface area contributed by atoms with E-state index in [1.807, 2.05) is 0 Å². The first-order chi connectivity index (χ1) is 16.8. The summed E-state index contributed by atoms with van der Waals surface area (Å²) in [6.45, 7) is 12.9. The fourth-order valence-electron chi connectivity index (χ4n) is 2.57. The van der Waals surface area contributed by atoms with Crippen LogP contribution in [0.2, 0.25) is 0 Å². The van der Waals surface area contributed by atoms with E-state index in [2.05, 4.69) is 4.90 Å². The molecule has 0 atom stereocenters. The molecule has 0 bridgehead atoms. The molecule has 12 heteroatoms. The molecule has 0 aliphatic rings. The predicted molar refractivity (Wildman–Crippen MR) is 130 cm³/mol. The monoisotopic (exact) mass is 498 g/mol. The molecule has 6 N–H and O–H groups in total. The van der Waals surface area contributed by atoms with E-state index in [1.165, 1.54) is 0 Å². The lowest BCUT2D eigenvalue weighted by Gasteiger charge is -2.22. The van der Waals surface area contributed by atoms with E-state index in [0.717, 1.165) is 19.6 Å². The zero-order valence-electron chi connectivity index (χ0n) is 21.0. The smallest absolute Gasteiger partial charge is 0.0701 e. The van der Waals surface area contributed by atoms with Crippen LogP contribution < -0.4 is 17.2 Å². The van der Waals surface area contributed by atoms with Crippen molar-refractivity contribution in [2.24, 2.45) is 17.2 Å². The van der Waals surface area contributed by atoms with Gasteiger partial charge in [0.2, 0.25) is 0 Å². The minimum atomic E-state index is 0.522. The lowest BCUT2D eigenvalue weighted by atomic mass is 10.4. The highest BCUT2D eigenvalue weighted by molar-refractivity contribution is 4.57. The molecule has 0 radical (unpaired) electrons. The maximum absolute atomic E-state index is 5.68. The lowest BCUT2D eigenvalue weighted by molar-refractivity contribution is -0.00194. The van der Waals surface area contributed by atoms with Crippen LogP contribution in [0.3, 0.4) is 0 Å². The second kappa shape index (κ2) is 30.6. The van der Waals surface area contributed by atoms with Gasteiger partial charge in [-0.1, -0.05) is 0 Å². The molecule has 0 aromatic rings. The fraction of sp³-hybridized carbons (Fsp3) is 1.00. The zero-order chi connectivity index (χ0) is 24.8. The average molecular weight is 499 g/mol. The Labute approximate surface area is 205 Å². The Balaban J connectivity index is 3.82. The van der Waals surface area contributed by atoms with Gasteiger partial charge in [-0.2, -0.15) is 0 Å². The molecule has 0 saturated heterocycles. The molecule has 0 fully saturated rings. The summed E-state index contributed by atoms with van der Waals surface area (Å²) in [6, 6.07) is 0. The third-order valence-corrected chi connectivity index (χ3v) is 4.30. The van der Waals surface area contributed by atoms with Gasteiger partial charge >= 0.3 is 0 Å². The third-order valence-electron chi connectivity index (χ3n) is 4.30. The van der Waals surface area contributed by atoms with Crippen LogP contribution >= 0.6 is 0 Å². The van der Waals surface area contributed by atoms with Crippen LogP contribution in [0, 0.1) is 0 Å². The van der Waals surface area contributed by atoms with Gasteiger partial charge in [0.1, 0.15) is 0 Å². The predicted octanol–water partition coefficient (Wildman–Crippen LogP) is -1.70. The summed E-state index contributed by atoms with van der Waals surface area (Å²) < 4.78 is 43.7. The molecule has 34 heavy (non-hydrogen) atoms. The molecule has 0 aromatic heterocycles. The molecule has 0 amide bonds. The minimum absolute atomic E-state index is 0.522. The summed E-state index contributed by atoms with van der Waals surface area (Å²) in [4.78, 5) is 2.25. The van der Waals surface area contributed by atoms with Crippen molar-refractivity contribution in [1.82, 2.24) is 4.90 Å². The summed E-state index contributed by atoms with van der Waals surface area (Å²) >= 11 is 0. The molecule has 0 saturated carbocycles. The van der Waals surface area contributed by atoms with Gasteiger partial charge in [-0.25, -0.2) is 0 Å². The number of nitrogens with zero attached hydrogens (tertiary/aromatic N) is 1. The van der Waals surface area contributed by atoms with Crippen LogP contribution in [0.1, 0.15) is 0 Å². The first-order valence-corrected chi connectivity index (χ1v) is 12.3. The molecule has 0 aromatic carbocycles.